The normalized spacial score (nSPS) is 13.9. The third kappa shape index (κ3) is 7.61. The summed E-state index contributed by atoms with van der Waals surface area (Å²) >= 11 is 0. The molecule has 2 aromatic carbocycles. The lowest BCUT2D eigenvalue weighted by atomic mass is 10.1. The summed E-state index contributed by atoms with van der Waals surface area (Å²) in [6.45, 7) is 0.541. The second kappa shape index (κ2) is 12.1. The van der Waals surface area contributed by atoms with E-state index < -0.39 is 12.7 Å². The maximum Gasteiger partial charge on any atom is 0.387 e. The van der Waals surface area contributed by atoms with E-state index in [1.807, 2.05) is 39.2 Å². The predicted octanol–water partition coefficient (Wildman–Crippen LogP) is 3.18. The molecule has 0 bridgehead atoms. The fraction of sp³-hybridized carbons (Fsp3) is 0.409. The molecular formula is C22H30F2N4O2. The average Bonchev–Trinajstić information content (AvgIpc) is 2.72. The van der Waals surface area contributed by atoms with Crippen molar-refractivity contribution in [2.24, 2.45) is 4.99 Å². The molecule has 0 aliphatic rings. The first-order valence-electron chi connectivity index (χ1n) is 9.87. The van der Waals surface area contributed by atoms with Crippen LogP contribution < -0.4 is 15.4 Å². The molecule has 0 radical (unpaired) electrons. The van der Waals surface area contributed by atoms with Crippen molar-refractivity contribution in [3.8, 4) is 5.75 Å². The Bertz CT molecular complexity index is 770. The maximum atomic E-state index is 12.2. The molecule has 2 atom stereocenters. The van der Waals surface area contributed by atoms with Crippen LogP contribution in [0.3, 0.4) is 0 Å². The average molecular weight is 421 g/mol. The molecule has 0 fully saturated rings. The minimum absolute atomic E-state index is 0.0550. The van der Waals surface area contributed by atoms with Crippen LogP contribution in [-0.2, 0) is 0 Å². The van der Waals surface area contributed by atoms with Crippen molar-refractivity contribution in [2.45, 2.75) is 25.7 Å². The molecule has 2 unspecified atom stereocenters. The Hall–Kier alpha value is -2.71. The van der Waals surface area contributed by atoms with Crippen LogP contribution in [0.25, 0.3) is 0 Å². The second-order valence-electron chi connectivity index (χ2n) is 6.95. The highest BCUT2D eigenvalue weighted by Crippen LogP contribution is 2.20. The van der Waals surface area contributed by atoms with Gasteiger partial charge in [0.15, 0.2) is 5.96 Å². The lowest BCUT2D eigenvalue weighted by Crippen LogP contribution is -2.40. The van der Waals surface area contributed by atoms with Crippen LogP contribution in [0, 0.1) is 0 Å². The third-order valence-corrected chi connectivity index (χ3v) is 4.53. The molecule has 0 aliphatic carbocycles. The fourth-order valence-corrected chi connectivity index (χ4v) is 2.94. The molecule has 0 amide bonds. The van der Waals surface area contributed by atoms with Crippen molar-refractivity contribution in [1.29, 1.82) is 0 Å². The van der Waals surface area contributed by atoms with Crippen molar-refractivity contribution in [3.63, 3.8) is 0 Å². The van der Waals surface area contributed by atoms with Crippen LogP contribution in [0.4, 0.5) is 8.78 Å². The highest BCUT2D eigenvalue weighted by atomic mass is 19.3. The Balaban J connectivity index is 1.98. The van der Waals surface area contributed by atoms with Gasteiger partial charge in [-0.05, 0) is 44.3 Å². The van der Waals surface area contributed by atoms with Gasteiger partial charge in [0.1, 0.15) is 5.75 Å². The smallest absolute Gasteiger partial charge is 0.387 e. The van der Waals surface area contributed by atoms with Gasteiger partial charge in [-0.15, -0.1) is 0 Å². The number of nitrogens with zero attached hydrogens (tertiary/aromatic N) is 2. The van der Waals surface area contributed by atoms with Crippen molar-refractivity contribution in [1.82, 2.24) is 15.5 Å². The SMILES string of the molecule is CCNC(=NCC(c1ccccc1)N(C)C)NCC(O)c1ccc(OC(F)F)cc1. The highest BCUT2D eigenvalue weighted by Gasteiger charge is 2.14. The molecule has 0 aromatic heterocycles. The number of guanidine groups is 1. The molecule has 3 N–H and O–H groups in total. The van der Waals surface area contributed by atoms with Crippen LogP contribution in [0.1, 0.15) is 30.2 Å². The first kappa shape index (κ1) is 23.6. The predicted molar refractivity (Wildman–Crippen MR) is 115 cm³/mol. The molecule has 0 heterocycles. The van der Waals surface area contributed by atoms with E-state index in [0.717, 1.165) is 0 Å². The van der Waals surface area contributed by atoms with Gasteiger partial charge in [0.05, 0.1) is 18.7 Å². The Labute approximate surface area is 176 Å². The molecular weight excluding hydrogens is 390 g/mol. The molecule has 8 heteroatoms. The summed E-state index contributed by atoms with van der Waals surface area (Å²) in [6.07, 6.45) is -0.826. The zero-order valence-electron chi connectivity index (χ0n) is 17.6. The van der Waals surface area contributed by atoms with Crippen molar-refractivity contribution < 1.29 is 18.6 Å². The van der Waals surface area contributed by atoms with E-state index in [-0.39, 0.29) is 18.3 Å². The van der Waals surface area contributed by atoms with Crippen LogP contribution >= 0.6 is 0 Å². The van der Waals surface area contributed by atoms with Gasteiger partial charge in [-0.25, -0.2) is 0 Å². The van der Waals surface area contributed by atoms with Crippen molar-refractivity contribution >= 4 is 5.96 Å². The number of alkyl halides is 2. The lowest BCUT2D eigenvalue weighted by Gasteiger charge is -2.24. The molecule has 0 spiro atoms. The number of hydrogen-bond donors (Lipinski definition) is 3. The summed E-state index contributed by atoms with van der Waals surface area (Å²) in [5.41, 5.74) is 1.77. The van der Waals surface area contributed by atoms with E-state index in [2.05, 4.69) is 37.4 Å². The number of hydrogen-bond acceptors (Lipinski definition) is 4. The molecule has 0 aliphatic heterocycles. The number of benzene rings is 2. The van der Waals surface area contributed by atoms with E-state index in [0.29, 0.717) is 24.6 Å². The maximum absolute atomic E-state index is 12.2. The van der Waals surface area contributed by atoms with Crippen molar-refractivity contribution in [2.75, 3.05) is 33.7 Å². The Kier molecular flexibility index (Phi) is 9.50. The van der Waals surface area contributed by atoms with Gasteiger partial charge < -0.3 is 25.4 Å². The van der Waals surface area contributed by atoms with Gasteiger partial charge in [0, 0.05) is 13.1 Å². The monoisotopic (exact) mass is 420 g/mol. The third-order valence-electron chi connectivity index (χ3n) is 4.53. The first-order valence-corrected chi connectivity index (χ1v) is 9.87. The van der Waals surface area contributed by atoms with E-state index in [4.69, 9.17) is 0 Å². The Morgan fingerprint density at radius 2 is 1.70 bits per heavy atom. The number of nitrogens with one attached hydrogen (secondary N) is 2. The number of halogens is 2. The standard InChI is InChI=1S/C22H30F2N4O2/c1-4-25-22(26-14-19(28(2)3)16-8-6-5-7-9-16)27-15-20(29)17-10-12-18(13-11-17)30-21(23)24/h5-13,19-21,29H,4,14-15H2,1-3H3,(H2,25,26,27). The molecule has 6 nitrogen and oxygen atoms in total. The number of likely N-dealkylation sites (N-methyl/N-ethyl adjacent to an activating group) is 1. The molecule has 0 saturated heterocycles. The molecule has 0 saturated carbocycles. The summed E-state index contributed by atoms with van der Waals surface area (Å²) in [5.74, 6) is 0.649. The summed E-state index contributed by atoms with van der Waals surface area (Å²) in [7, 11) is 4.03. The summed E-state index contributed by atoms with van der Waals surface area (Å²) in [6, 6.07) is 16.2. The Morgan fingerprint density at radius 1 is 1.03 bits per heavy atom. The molecule has 164 valence electrons. The second-order valence-corrected chi connectivity index (χ2v) is 6.95. The van der Waals surface area contributed by atoms with Crippen LogP contribution in [0.15, 0.2) is 59.6 Å². The largest absolute Gasteiger partial charge is 0.435 e. The number of ether oxygens (including phenoxy) is 1. The zero-order valence-corrected chi connectivity index (χ0v) is 17.6. The highest BCUT2D eigenvalue weighted by molar-refractivity contribution is 5.79. The van der Waals surface area contributed by atoms with E-state index >= 15 is 0 Å². The number of aliphatic imine (C=N–C) groups is 1. The molecule has 2 rings (SSSR count). The summed E-state index contributed by atoms with van der Waals surface area (Å²) < 4.78 is 28.8. The van der Waals surface area contributed by atoms with Gasteiger partial charge in [-0.3, -0.25) is 4.99 Å². The lowest BCUT2D eigenvalue weighted by molar-refractivity contribution is -0.0498. The van der Waals surface area contributed by atoms with E-state index in [1.165, 1.54) is 17.7 Å². The van der Waals surface area contributed by atoms with Gasteiger partial charge in [0.25, 0.3) is 0 Å². The van der Waals surface area contributed by atoms with Crippen LogP contribution in [0.5, 0.6) is 5.75 Å². The van der Waals surface area contributed by atoms with Crippen LogP contribution in [-0.4, -0.2) is 56.3 Å². The van der Waals surface area contributed by atoms with E-state index in [1.54, 1.807) is 12.1 Å². The fourth-order valence-electron chi connectivity index (χ4n) is 2.94. The van der Waals surface area contributed by atoms with Gasteiger partial charge >= 0.3 is 6.61 Å². The van der Waals surface area contributed by atoms with Gasteiger partial charge in [-0.1, -0.05) is 42.5 Å². The van der Waals surface area contributed by atoms with Gasteiger partial charge in [-0.2, -0.15) is 8.78 Å². The first-order chi connectivity index (χ1) is 14.4. The Morgan fingerprint density at radius 3 is 2.27 bits per heavy atom. The number of aliphatic hydroxyl groups is 1. The number of aliphatic hydroxyl groups excluding tert-OH is 1. The summed E-state index contributed by atoms with van der Waals surface area (Å²) in [5, 5.41) is 16.7. The van der Waals surface area contributed by atoms with E-state index in [9.17, 15) is 13.9 Å². The summed E-state index contributed by atoms with van der Waals surface area (Å²) in [4.78, 5) is 6.77. The topological polar surface area (TPSA) is 69.1 Å². The quantitative estimate of drug-likeness (QED) is 0.407. The minimum atomic E-state index is -2.87. The van der Waals surface area contributed by atoms with Crippen molar-refractivity contribution in [3.05, 3.63) is 65.7 Å². The van der Waals surface area contributed by atoms with Gasteiger partial charge in [0.2, 0.25) is 0 Å². The zero-order chi connectivity index (χ0) is 21.9. The van der Waals surface area contributed by atoms with Crippen LogP contribution in [0.2, 0.25) is 0 Å². The number of rotatable bonds is 10. The molecule has 30 heavy (non-hydrogen) atoms. The molecule has 2 aromatic rings. The minimum Gasteiger partial charge on any atom is -0.435 e.